The summed E-state index contributed by atoms with van der Waals surface area (Å²) in [5, 5.41) is 0. The van der Waals surface area contributed by atoms with Crippen molar-refractivity contribution < 1.29 is 4.39 Å². The number of nitrogens with zero attached hydrogens (tertiary/aromatic N) is 1. The summed E-state index contributed by atoms with van der Waals surface area (Å²) in [6, 6.07) is 6.10. The van der Waals surface area contributed by atoms with Gasteiger partial charge in [-0.1, -0.05) is 17.7 Å². The first kappa shape index (κ1) is 12.5. The predicted molar refractivity (Wildman–Crippen MR) is 70.6 cm³/mol. The minimum atomic E-state index is -0.599. The lowest BCUT2D eigenvalue weighted by molar-refractivity contribution is 0.598. The first-order valence-corrected chi connectivity index (χ1v) is 5.73. The van der Waals surface area contributed by atoms with Gasteiger partial charge in [0.1, 0.15) is 11.6 Å². The van der Waals surface area contributed by atoms with Gasteiger partial charge in [0.15, 0.2) is 0 Å². The predicted octanol–water partition coefficient (Wildman–Crippen LogP) is 2.47. The number of hydrogen-bond acceptors (Lipinski definition) is 3. The van der Waals surface area contributed by atoms with E-state index in [-0.39, 0.29) is 5.82 Å². The van der Waals surface area contributed by atoms with Crippen molar-refractivity contribution in [2.45, 2.75) is 19.9 Å². The van der Waals surface area contributed by atoms with Crippen molar-refractivity contribution >= 4 is 5.82 Å². The molecule has 0 saturated carbocycles. The molecule has 4 N–H and O–H groups in total. The summed E-state index contributed by atoms with van der Waals surface area (Å²) in [4.78, 5) is 4.01. The molecule has 0 spiro atoms. The maximum atomic E-state index is 13.8. The molecule has 3 nitrogen and oxygen atoms in total. The highest BCUT2D eigenvalue weighted by Crippen LogP contribution is 2.28. The van der Waals surface area contributed by atoms with Crippen molar-refractivity contribution in [2.75, 3.05) is 5.73 Å². The molecule has 0 aliphatic heterocycles. The molecule has 1 aromatic heterocycles. The minimum Gasteiger partial charge on any atom is -0.383 e. The van der Waals surface area contributed by atoms with E-state index in [0.717, 1.165) is 11.1 Å². The van der Waals surface area contributed by atoms with Crippen LogP contribution in [-0.4, -0.2) is 4.98 Å². The fraction of sp³-hybridized carbons (Fsp3) is 0.214. The number of benzene rings is 1. The van der Waals surface area contributed by atoms with Gasteiger partial charge >= 0.3 is 0 Å². The van der Waals surface area contributed by atoms with Crippen LogP contribution in [0.15, 0.2) is 30.5 Å². The van der Waals surface area contributed by atoms with E-state index in [9.17, 15) is 4.39 Å². The Morgan fingerprint density at radius 2 is 1.94 bits per heavy atom. The van der Waals surface area contributed by atoms with Gasteiger partial charge in [-0.15, -0.1) is 0 Å². The van der Waals surface area contributed by atoms with E-state index in [2.05, 4.69) is 4.98 Å². The van der Waals surface area contributed by atoms with Gasteiger partial charge in [-0.3, -0.25) is 0 Å². The van der Waals surface area contributed by atoms with E-state index in [0.29, 0.717) is 16.9 Å². The summed E-state index contributed by atoms with van der Waals surface area (Å²) in [5.41, 5.74) is 15.0. The minimum absolute atomic E-state index is 0.323. The molecule has 0 radical (unpaired) electrons. The van der Waals surface area contributed by atoms with Crippen LogP contribution in [-0.2, 0) is 0 Å². The number of pyridine rings is 1. The lowest BCUT2D eigenvalue weighted by atomic mass is 9.95. The van der Waals surface area contributed by atoms with Gasteiger partial charge in [-0.2, -0.15) is 0 Å². The number of nitrogens with two attached hydrogens (primary N) is 2. The molecule has 1 aromatic carbocycles. The molecular formula is C14H16FN3. The first-order valence-electron chi connectivity index (χ1n) is 5.73. The third-order valence-electron chi connectivity index (χ3n) is 3.04. The second-order valence-corrected chi connectivity index (χ2v) is 4.43. The maximum absolute atomic E-state index is 13.8. The molecule has 2 aromatic rings. The van der Waals surface area contributed by atoms with Crippen molar-refractivity contribution in [1.82, 2.24) is 4.98 Å². The van der Waals surface area contributed by atoms with Crippen LogP contribution in [0.3, 0.4) is 0 Å². The lowest BCUT2D eigenvalue weighted by Gasteiger charge is -2.17. The SMILES string of the molecule is Cc1ccc(F)c(C(N)c2c(C)ccnc2N)c1. The third-order valence-corrected chi connectivity index (χ3v) is 3.04. The molecule has 0 bridgehead atoms. The van der Waals surface area contributed by atoms with E-state index >= 15 is 0 Å². The average molecular weight is 245 g/mol. The van der Waals surface area contributed by atoms with E-state index < -0.39 is 6.04 Å². The van der Waals surface area contributed by atoms with Crippen LogP contribution in [0.2, 0.25) is 0 Å². The van der Waals surface area contributed by atoms with Gasteiger partial charge in [-0.05, 0) is 31.5 Å². The Labute approximate surface area is 106 Å². The number of rotatable bonds is 2. The number of halogens is 1. The number of aromatic nitrogens is 1. The van der Waals surface area contributed by atoms with Crippen molar-refractivity contribution in [3.8, 4) is 0 Å². The van der Waals surface area contributed by atoms with Gasteiger partial charge in [0, 0.05) is 17.3 Å². The molecule has 1 unspecified atom stereocenters. The summed E-state index contributed by atoms with van der Waals surface area (Å²) < 4.78 is 13.8. The zero-order valence-corrected chi connectivity index (χ0v) is 10.4. The molecule has 2 rings (SSSR count). The molecule has 0 saturated heterocycles. The number of hydrogen-bond donors (Lipinski definition) is 2. The highest BCUT2D eigenvalue weighted by Gasteiger charge is 2.18. The van der Waals surface area contributed by atoms with Crippen LogP contribution in [0, 0.1) is 19.7 Å². The maximum Gasteiger partial charge on any atom is 0.128 e. The molecule has 0 amide bonds. The molecule has 0 aliphatic rings. The summed E-state index contributed by atoms with van der Waals surface area (Å²) in [5.74, 6) is 0.0270. The Balaban J connectivity index is 2.54. The lowest BCUT2D eigenvalue weighted by Crippen LogP contribution is -2.17. The van der Waals surface area contributed by atoms with Crippen molar-refractivity contribution in [3.05, 3.63) is 58.5 Å². The van der Waals surface area contributed by atoms with E-state index in [1.54, 1.807) is 18.3 Å². The molecule has 0 aliphatic carbocycles. The first-order chi connectivity index (χ1) is 8.50. The van der Waals surface area contributed by atoms with Gasteiger partial charge in [0.25, 0.3) is 0 Å². The summed E-state index contributed by atoms with van der Waals surface area (Å²) in [7, 11) is 0. The normalized spacial score (nSPS) is 12.4. The molecule has 1 heterocycles. The van der Waals surface area contributed by atoms with Crippen LogP contribution in [0.4, 0.5) is 10.2 Å². The van der Waals surface area contributed by atoms with Gasteiger partial charge in [0.2, 0.25) is 0 Å². The highest BCUT2D eigenvalue weighted by molar-refractivity contribution is 5.50. The number of anilines is 1. The highest BCUT2D eigenvalue weighted by atomic mass is 19.1. The third kappa shape index (κ3) is 2.19. The standard InChI is InChI=1S/C14H16FN3/c1-8-3-4-11(15)10(7-8)13(16)12-9(2)5-6-18-14(12)17/h3-7,13H,16H2,1-2H3,(H2,17,18). The van der Waals surface area contributed by atoms with Crippen molar-refractivity contribution in [2.24, 2.45) is 5.73 Å². The molecule has 1 atom stereocenters. The smallest absolute Gasteiger partial charge is 0.128 e. The zero-order chi connectivity index (χ0) is 13.3. The Morgan fingerprint density at radius 3 is 2.61 bits per heavy atom. The number of aryl methyl sites for hydroxylation is 2. The van der Waals surface area contributed by atoms with Gasteiger partial charge in [0.05, 0.1) is 6.04 Å². The molecule has 0 fully saturated rings. The average Bonchev–Trinajstić information content (AvgIpc) is 2.32. The Kier molecular flexibility index (Phi) is 3.30. The van der Waals surface area contributed by atoms with Crippen molar-refractivity contribution in [1.29, 1.82) is 0 Å². The molecular weight excluding hydrogens is 229 g/mol. The second kappa shape index (κ2) is 4.74. The quantitative estimate of drug-likeness (QED) is 0.854. The summed E-state index contributed by atoms with van der Waals surface area (Å²) in [6.07, 6.45) is 1.62. The summed E-state index contributed by atoms with van der Waals surface area (Å²) in [6.45, 7) is 3.79. The van der Waals surface area contributed by atoms with Crippen LogP contribution in [0.1, 0.15) is 28.3 Å². The van der Waals surface area contributed by atoms with Crippen LogP contribution < -0.4 is 11.5 Å². The zero-order valence-electron chi connectivity index (χ0n) is 10.4. The van der Waals surface area contributed by atoms with Crippen LogP contribution >= 0.6 is 0 Å². The molecule has 4 heteroatoms. The Bertz CT molecular complexity index is 561. The van der Waals surface area contributed by atoms with Gasteiger partial charge in [-0.25, -0.2) is 9.37 Å². The summed E-state index contributed by atoms with van der Waals surface area (Å²) >= 11 is 0. The number of nitrogen functional groups attached to an aromatic ring is 1. The largest absolute Gasteiger partial charge is 0.383 e. The van der Waals surface area contributed by atoms with E-state index in [1.165, 1.54) is 6.07 Å². The van der Waals surface area contributed by atoms with E-state index in [1.807, 2.05) is 19.9 Å². The van der Waals surface area contributed by atoms with Crippen molar-refractivity contribution in [3.63, 3.8) is 0 Å². The molecule has 18 heavy (non-hydrogen) atoms. The topological polar surface area (TPSA) is 64.9 Å². The second-order valence-electron chi connectivity index (χ2n) is 4.43. The van der Waals surface area contributed by atoms with Gasteiger partial charge < -0.3 is 11.5 Å². The fourth-order valence-corrected chi connectivity index (χ4v) is 2.05. The molecule has 94 valence electrons. The van der Waals surface area contributed by atoms with Crippen LogP contribution in [0.5, 0.6) is 0 Å². The Morgan fingerprint density at radius 1 is 1.22 bits per heavy atom. The monoisotopic (exact) mass is 245 g/mol. The van der Waals surface area contributed by atoms with E-state index in [4.69, 9.17) is 11.5 Å². The fourth-order valence-electron chi connectivity index (χ4n) is 2.05. The Hall–Kier alpha value is -1.94. The van der Waals surface area contributed by atoms with Crippen LogP contribution in [0.25, 0.3) is 0 Å².